The van der Waals surface area contributed by atoms with Crippen molar-refractivity contribution >= 4 is 11.5 Å². The van der Waals surface area contributed by atoms with Gasteiger partial charge in [0.2, 0.25) is 0 Å². The lowest BCUT2D eigenvalue weighted by atomic mass is 10.1. The molecule has 1 atom stereocenters. The first-order valence-electron chi connectivity index (χ1n) is 6.17. The van der Waals surface area contributed by atoms with Crippen LogP contribution in [0.5, 0.6) is 0 Å². The van der Waals surface area contributed by atoms with Crippen molar-refractivity contribution in [2.45, 2.75) is 19.4 Å². The molecular weight excluding hydrogens is 240 g/mol. The Labute approximate surface area is 110 Å². The van der Waals surface area contributed by atoms with Gasteiger partial charge in [-0.3, -0.25) is 0 Å². The van der Waals surface area contributed by atoms with E-state index < -0.39 is 0 Å². The molecule has 0 fully saturated rings. The zero-order valence-corrected chi connectivity index (χ0v) is 10.6. The van der Waals surface area contributed by atoms with Crippen LogP contribution >= 0.6 is 0 Å². The summed E-state index contributed by atoms with van der Waals surface area (Å²) in [5.41, 5.74) is 1.94. The van der Waals surface area contributed by atoms with Gasteiger partial charge in [0.1, 0.15) is 5.82 Å². The predicted molar refractivity (Wildman–Crippen MR) is 71.8 cm³/mol. The highest BCUT2D eigenvalue weighted by atomic mass is 15.6. The number of hydrogen-bond acceptors (Lipinski definition) is 5. The summed E-state index contributed by atoms with van der Waals surface area (Å²) in [4.78, 5) is 0. The van der Waals surface area contributed by atoms with E-state index in [9.17, 15) is 0 Å². The zero-order valence-electron chi connectivity index (χ0n) is 10.6. The fourth-order valence-corrected chi connectivity index (χ4v) is 2.00. The summed E-state index contributed by atoms with van der Waals surface area (Å²) in [6.07, 6.45) is 0.941. The summed E-state index contributed by atoms with van der Waals surface area (Å²) in [5.74, 6) is 0.767. The van der Waals surface area contributed by atoms with Gasteiger partial charge in [-0.2, -0.15) is 0 Å². The van der Waals surface area contributed by atoms with Gasteiger partial charge in [-0.15, -0.1) is 14.8 Å². The minimum atomic E-state index is 0.281. The van der Waals surface area contributed by atoms with Gasteiger partial charge in [0.15, 0.2) is 5.65 Å². The van der Waals surface area contributed by atoms with Gasteiger partial charge in [0, 0.05) is 6.04 Å². The van der Waals surface area contributed by atoms with Gasteiger partial charge in [0.25, 0.3) is 0 Å². The summed E-state index contributed by atoms with van der Waals surface area (Å²) < 4.78 is 1.41. The van der Waals surface area contributed by atoms with E-state index >= 15 is 0 Å². The van der Waals surface area contributed by atoms with Crippen LogP contribution in [0, 0.1) is 0 Å². The molecule has 1 unspecified atom stereocenters. The van der Waals surface area contributed by atoms with Gasteiger partial charge in [-0.25, -0.2) is 0 Å². The van der Waals surface area contributed by atoms with Crippen LogP contribution in [0.1, 0.15) is 12.5 Å². The smallest absolute Gasteiger partial charge is 0.200 e. The second-order valence-electron chi connectivity index (χ2n) is 4.48. The highest BCUT2D eigenvalue weighted by Gasteiger charge is 2.06. The Balaban J connectivity index is 1.70. The highest BCUT2D eigenvalue weighted by Crippen LogP contribution is 2.09. The minimum Gasteiger partial charge on any atom is -0.366 e. The van der Waals surface area contributed by atoms with Gasteiger partial charge in [0.05, 0.1) is 0 Å². The standard InChI is InChI=1S/C13H14N6/c1-10(9-11-5-3-2-4-6-11)14-12-7-8-13-15-17-18-19(13)16-12/h2-8,10H,9H2,1H3,(H,14,16). The lowest BCUT2D eigenvalue weighted by Gasteiger charge is -2.14. The number of aromatic nitrogens is 5. The Kier molecular flexibility index (Phi) is 3.06. The van der Waals surface area contributed by atoms with E-state index in [1.165, 1.54) is 10.2 Å². The van der Waals surface area contributed by atoms with Crippen molar-refractivity contribution < 1.29 is 0 Å². The molecular formula is C13H14N6. The maximum Gasteiger partial charge on any atom is 0.200 e. The molecule has 1 N–H and O–H groups in total. The van der Waals surface area contributed by atoms with E-state index in [2.05, 4.69) is 45.0 Å². The zero-order chi connectivity index (χ0) is 13.1. The Bertz CT molecular complexity index is 663. The lowest BCUT2D eigenvalue weighted by molar-refractivity contribution is 0.720. The van der Waals surface area contributed by atoms with Crippen LogP contribution in [0.2, 0.25) is 0 Å². The van der Waals surface area contributed by atoms with Gasteiger partial charge in [-0.05, 0) is 41.5 Å². The topological polar surface area (TPSA) is 68.0 Å². The second kappa shape index (κ2) is 5.01. The summed E-state index contributed by atoms with van der Waals surface area (Å²) in [7, 11) is 0. The first-order chi connectivity index (χ1) is 9.31. The summed E-state index contributed by atoms with van der Waals surface area (Å²) in [6, 6.07) is 14.4. The highest BCUT2D eigenvalue weighted by molar-refractivity contribution is 5.42. The Morgan fingerprint density at radius 2 is 2.00 bits per heavy atom. The third-order valence-electron chi connectivity index (χ3n) is 2.85. The fourth-order valence-electron chi connectivity index (χ4n) is 2.00. The molecule has 96 valence electrons. The van der Waals surface area contributed by atoms with E-state index in [-0.39, 0.29) is 6.04 Å². The van der Waals surface area contributed by atoms with E-state index in [0.717, 1.165) is 12.2 Å². The Morgan fingerprint density at radius 1 is 1.16 bits per heavy atom. The van der Waals surface area contributed by atoms with Gasteiger partial charge in [-0.1, -0.05) is 30.3 Å². The van der Waals surface area contributed by atoms with Crippen molar-refractivity contribution in [3.05, 3.63) is 48.0 Å². The van der Waals surface area contributed by atoms with Crippen molar-refractivity contribution in [2.75, 3.05) is 5.32 Å². The Hall–Kier alpha value is -2.50. The average molecular weight is 254 g/mol. The number of benzene rings is 1. The van der Waals surface area contributed by atoms with Crippen LogP contribution in [-0.4, -0.2) is 31.3 Å². The molecule has 3 rings (SSSR count). The van der Waals surface area contributed by atoms with Crippen LogP contribution in [0.4, 0.5) is 5.82 Å². The normalized spacial score (nSPS) is 12.5. The fraction of sp³-hybridized carbons (Fsp3) is 0.231. The molecule has 0 saturated carbocycles. The number of rotatable bonds is 4. The monoisotopic (exact) mass is 254 g/mol. The molecule has 0 aliphatic carbocycles. The van der Waals surface area contributed by atoms with Crippen molar-refractivity contribution in [3.63, 3.8) is 0 Å². The summed E-state index contributed by atoms with van der Waals surface area (Å²) in [5, 5.41) is 18.8. The molecule has 0 saturated heterocycles. The summed E-state index contributed by atoms with van der Waals surface area (Å²) >= 11 is 0. The SMILES string of the molecule is CC(Cc1ccccc1)Nc1ccc2nnnn2n1. The number of anilines is 1. The largest absolute Gasteiger partial charge is 0.366 e. The minimum absolute atomic E-state index is 0.281. The van der Waals surface area contributed by atoms with Crippen LogP contribution in [0.15, 0.2) is 42.5 Å². The molecule has 19 heavy (non-hydrogen) atoms. The molecule has 2 aromatic heterocycles. The lowest BCUT2D eigenvalue weighted by Crippen LogP contribution is -2.19. The average Bonchev–Trinajstić information content (AvgIpc) is 2.87. The predicted octanol–water partition coefficient (Wildman–Crippen LogP) is 1.56. The van der Waals surface area contributed by atoms with E-state index in [0.29, 0.717) is 5.65 Å². The number of hydrogen-bond donors (Lipinski definition) is 1. The van der Waals surface area contributed by atoms with E-state index in [4.69, 9.17) is 0 Å². The van der Waals surface area contributed by atoms with E-state index in [1.54, 1.807) is 0 Å². The second-order valence-corrected chi connectivity index (χ2v) is 4.48. The van der Waals surface area contributed by atoms with Crippen molar-refractivity contribution in [3.8, 4) is 0 Å². The van der Waals surface area contributed by atoms with Crippen molar-refractivity contribution in [2.24, 2.45) is 0 Å². The van der Waals surface area contributed by atoms with E-state index in [1.807, 2.05) is 30.3 Å². The Morgan fingerprint density at radius 3 is 2.84 bits per heavy atom. The van der Waals surface area contributed by atoms with Gasteiger partial charge >= 0.3 is 0 Å². The third-order valence-corrected chi connectivity index (χ3v) is 2.85. The molecule has 2 heterocycles. The molecule has 6 heteroatoms. The van der Waals surface area contributed by atoms with Crippen LogP contribution in [-0.2, 0) is 6.42 Å². The molecule has 0 spiro atoms. The van der Waals surface area contributed by atoms with Crippen molar-refractivity contribution in [1.29, 1.82) is 0 Å². The quantitative estimate of drug-likeness (QED) is 0.765. The molecule has 0 radical (unpaired) electrons. The van der Waals surface area contributed by atoms with Gasteiger partial charge < -0.3 is 5.32 Å². The molecule has 3 aromatic rings. The van der Waals surface area contributed by atoms with Crippen LogP contribution < -0.4 is 5.32 Å². The number of fused-ring (bicyclic) bond motifs is 1. The van der Waals surface area contributed by atoms with Crippen LogP contribution in [0.25, 0.3) is 5.65 Å². The molecule has 0 bridgehead atoms. The third kappa shape index (κ3) is 2.67. The molecule has 1 aromatic carbocycles. The maximum absolute atomic E-state index is 4.29. The number of nitrogens with one attached hydrogen (secondary N) is 1. The molecule has 0 aliphatic rings. The molecule has 0 amide bonds. The maximum atomic E-state index is 4.29. The van der Waals surface area contributed by atoms with Crippen LogP contribution in [0.3, 0.4) is 0 Å². The summed E-state index contributed by atoms with van der Waals surface area (Å²) in [6.45, 7) is 2.12. The first-order valence-corrected chi connectivity index (χ1v) is 6.17. The number of tetrazole rings is 1. The molecule has 0 aliphatic heterocycles. The first kappa shape index (κ1) is 11.6. The van der Waals surface area contributed by atoms with Crippen molar-refractivity contribution in [1.82, 2.24) is 25.3 Å². The number of nitrogens with zero attached hydrogens (tertiary/aromatic N) is 5. The molecule has 6 nitrogen and oxygen atoms in total.